The molecule has 120 valence electrons. The zero-order chi connectivity index (χ0) is 15.6. The summed E-state index contributed by atoms with van der Waals surface area (Å²) in [5.41, 5.74) is 1.27. The number of hydrogen-bond donors (Lipinski definition) is 0. The highest BCUT2D eigenvalue weighted by atomic mass is 19.1. The van der Waals surface area contributed by atoms with Gasteiger partial charge in [0.1, 0.15) is 12.4 Å². The fraction of sp³-hybridized carbons (Fsp3) is 0.588. The van der Waals surface area contributed by atoms with Crippen LogP contribution in [0.1, 0.15) is 31.2 Å². The molecule has 1 heterocycles. The van der Waals surface area contributed by atoms with Gasteiger partial charge in [0.25, 0.3) is 5.91 Å². The second-order valence-corrected chi connectivity index (χ2v) is 6.15. The van der Waals surface area contributed by atoms with Crippen LogP contribution >= 0.6 is 0 Å². The number of benzene rings is 1. The van der Waals surface area contributed by atoms with Gasteiger partial charge in [-0.3, -0.25) is 4.79 Å². The Bertz CT molecular complexity index is 555. The molecule has 0 bridgehead atoms. The largest absolute Gasteiger partial charge is 0.382 e. The van der Waals surface area contributed by atoms with Gasteiger partial charge >= 0.3 is 0 Å². The Morgan fingerprint density at radius 3 is 2.82 bits per heavy atom. The minimum atomic E-state index is -0.192. The van der Waals surface area contributed by atoms with Crippen molar-refractivity contribution in [3.63, 3.8) is 0 Å². The summed E-state index contributed by atoms with van der Waals surface area (Å²) in [4.78, 5) is 14.2. The molecule has 1 saturated carbocycles. The highest BCUT2D eigenvalue weighted by molar-refractivity contribution is 5.97. The predicted molar refractivity (Wildman–Crippen MR) is 81.6 cm³/mol. The van der Waals surface area contributed by atoms with Crippen LogP contribution in [0.3, 0.4) is 0 Å². The molecule has 1 spiro atoms. The maximum atomic E-state index is 14.4. The highest BCUT2D eigenvalue weighted by Crippen LogP contribution is 2.51. The van der Waals surface area contributed by atoms with Crippen molar-refractivity contribution in [3.05, 3.63) is 29.6 Å². The summed E-state index contributed by atoms with van der Waals surface area (Å²) in [7, 11) is 1.59. The zero-order valence-corrected chi connectivity index (χ0v) is 12.9. The summed E-state index contributed by atoms with van der Waals surface area (Å²) in [5, 5.41) is 0. The first-order chi connectivity index (χ1) is 10.7. The number of methoxy groups -OCH3 is 1. The van der Waals surface area contributed by atoms with E-state index in [1.807, 2.05) is 6.07 Å². The van der Waals surface area contributed by atoms with Gasteiger partial charge in [0.15, 0.2) is 0 Å². The molecule has 4 nitrogen and oxygen atoms in total. The summed E-state index contributed by atoms with van der Waals surface area (Å²) in [6, 6.07) is 5.02. The Morgan fingerprint density at radius 1 is 1.32 bits per heavy atom. The number of fused-ring (bicyclic) bond motifs is 2. The third kappa shape index (κ3) is 2.63. The van der Waals surface area contributed by atoms with E-state index in [9.17, 15) is 9.18 Å². The topological polar surface area (TPSA) is 38.8 Å². The van der Waals surface area contributed by atoms with Gasteiger partial charge in [-0.1, -0.05) is 18.9 Å². The molecular weight excluding hydrogens is 285 g/mol. The average molecular weight is 307 g/mol. The van der Waals surface area contributed by atoms with E-state index in [0.29, 0.717) is 19.8 Å². The molecule has 1 aromatic rings. The average Bonchev–Trinajstić information content (AvgIpc) is 3.11. The second kappa shape index (κ2) is 6.34. The van der Waals surface area contributed by atoms with Gasteiger partial charge in [-0.25, -0.2) is 4.39 Å². The Kier molecular flexibility index (Phi) is 4.45. The fourth-order valence-electron chi connectivity index (χ4n) is 3.79. The number of carbonyl (C=O) groups excluding carboxylic acids is 1. The van der Waals surface area contributed by atoms with E-state index in [0.717, 1.165) is 36.9 Å². The molecular formula is C17H22FNO3. The van der Waals surface area contributed by atoms with Crippen molar-refractivity contribution >= 4 is 11.6 Å². The van der Waals surface area contributed by atoms with Crippen LogP contribution < -0.4 is 4.90 Å². The van der Waals surface area contributed by atoms with Gasteiger partial charge in [-0.2, -0.15) is 0 Å². The van der Waals surface area contributed by atoms with Crippen LogP contribution in [-0.2, 0) is 19.7 Å². The minimum absolute atomic E-state index is 0.00932. The van der Waals surface area contributed by atoms with Crippen LogP contribution in [0.15, 0.2) is 18.2 Å². The number of nitrogens with zero attached hydrogens (tertiary/aromatic N) is 1. The molecule has 1 amide bonds. The third-order valence-corrected chi connectivity index (χ3v) is 4.79. The number of ether oxygens (including phenoxy) is 2. The molecule has 0 N–H and O–H groups in total. The number of rotatable bonds is 5. The molecule has 22 heavy (non-hydrogen) atoms. The Morgan fingerprint density at radius 2 is 2.09 bits per heavy atom. The van der Waals surface area contributed by atoms with Gasteiger partial charge in [-0.05, 0) is 25.0 Å². The number of carbonyl (C=O) groups is 1. The Balaban J connectivity index is 1.80. The molecule has 1 aromatic carbocycles. The van der Waals surface area contributed by atoms with Crippen molar-refractivity contribution in [2.75, 3.05) is 38.4 Å². The Hall–Kier alpha value is -1.46. The molecule has 1 fully saturated rings. The van der Waals surface area contributed by atoms with Gasteiger partial charge in [0, 0.05) is 24.6 Å². The normalized spacial score (nSPS) is 18.9. The SMILES string of the molecule is COCCOCC(=O)N1CC2(CCCC2)c2c(F)cccc21. The van der Waals surface area contributed by atoms with Gasteiger partial charge in [0.05, 0.1) is 18.9 Å². The summed E-state index contributed by atoms with van der Waals surface area (Å²) >= 11 is 0. The van der Waals surface area contributed by atoms with E-state index < -0.39 is 0 Å². The quantitative estimate of drug-likeness (QED) is 0.785. The molecule has 2 aliphatic rings. The third-order valence-electron chi connectivity index (χ3n) is 4.79. The number of hydrogen-bond acceptors (Lipinski definition) is 3. The first-order valence-electron chi connectivity index (χ1n) is 7.84. The number of amides is 1. The summed E-state index contributed by atoms with van der Waals surface area (Å²) in [6.45, 7) is 1.44. The van der Waals surface area contributed by atoms with E-state index in [2.05, 4.69) is 0 Å². The summed E-state index contributed by atoms with van der Waals surface area (Å²) in [5.74, 6) is -0.290. The molecule has 5 heteroatoms. The molecule has 0 unspecified atom stereocenters. The molecule has 0 aromatic heterocycles. The molecule has 0 atom stereocenters. The van der Waals surface area contributed by atoms with Gasteiger partial charge in [-0.15, -0.1) is 0 Å². The number of halogens is 1. The highest BCUT2D eigenvalue weighted by Gasteiger charge is 2.47. The molecule has 0 saturated heterocycles. The van der Waals surface area contributed by atoms with Gasteiger partial charge < -0.3 is 14.4 Å². The molecule has 3 rings (SSSR count). The lowest BCUT2D eigenvalue weighted by atomic mass is 9.80. The van der Waals surface area contributed by atoms with Crippen molar-refractivity contribution in [2.45, 2.75) is 31.1 Å². The smallest absolute Gasteiger partial charge is 0.253 e. The monoisotopic (exact) mass is 307 g/mol. The van der Waals surface area contributed by atoms with Crippen LogP contribution in [0.2, 0.25) is 0 Å². The van der Waals surface area contributed by atoms with Crippen molar-refractivity contribution in [2.24, 2.45) is 0 Å². The summed E-state index contributed by atoms with van der Waals surface area (Å²) in [6.07, 6.45) is 4.10. The van der Waals surface area contributed by atoms with E-state index in [1.54, 1.807) is 18.1 Å². The van der Waals surface area contributed by atoms with Crippen LogP contribution in [0, 0.1) is 5.82 Å². The van der Waals surface area contributed by atoms with Crippen LogP contribution in [-0.4, -0.2) is 39.4 Å². The molecule has 1 aliphatic carbocycles. The maximum Gasteiger partial charge on any atom is 0.253 e. The Labute approximate surface area is 130 Å². The molecule has 1 aliphatic heterocycles. The number of anilines is 1. The predicted octanol–water partition coefficient (Wildman–Crippen LogP) is 2.65. The fourth-order valence-corrected chi connectivity index (χ4v) is 3.79. The van der Waals surface area contributed by atoms with E-state index >= 15 is 0 Å². The maximum absolute atomic E-state index is 14.4. The standard InChI is InChI=1S/C17H22FNO3/c1-21-9-10-22-11-15(20)19-12-17(7-2-3-8-17)16-13(18)5-4-6-14(16)19/h4-6H,2-3,7-12H2,1H3. The van der Waals surface area contributed by atoms with Crippen LogP contribution in [0.25, 0.3) is 0 Å². The van der Waals surface area contributed by atoms with Crippen LogP contribution in [0.5, 0.6) is 0 Å². The first-order valence-corrected chi connectivity index (χ1v) is 7.84. The van der Waals surface area contributed by atoms with Crippen molar-refractivity contribution < 1.29 is 18.7 Å². The second-order valence-electron chi connectivity index (χ2n) is 6.15. The summed E-state index contributed by atoms with van der Waals surface area (Å²) < 4.78 is 24.6. The van der Waals surface area contributed by atoms with Crippen molar-refractivity contribution in [3.8, 4) is 0 Å². The lowest BCUT2D eigenvalue weighted by Crippen LogP contribution is -2.37. The zero-order valence-electron chi connectivity index (χ0n) is 12.9. The lowest BCUT2D eigenvalue weighted by molar-refractivity contribution is -0.123. The van der Waals surface area contributed by atoms with Gasteiger partial charge in [0.2, 0.25) is 0 Å². The van der Waals surface area contributed by atoms with E-state index in [-0.39, 0.29) is 23.7 Å². The van der Waals surface area contributed by atoms with Crippen molar-refractivity contribution in [1.82, 2.24) is 0 Å². The van der Waals surface area contributed by atoms with Crippen LogP contribution in [0.4, 0.5) is 10.1 Å². The lowest BCUT2D eigenvalue weighted by Gasteiger charge is -2.24. The van der Waals surface area contributed by atoms with E-state index in [1.165, 1.54) is 6.07 Å². The van der Waals surface area contributed by atoms with Crippen molar-refractivity contribution in [1.29, 1.82) is 0 Å². The minimum Gasteiger partial charge on any atom is -0.382 e. The molecule has 0 radical (unpaired) electrons. The first kappa shape index (κ1) is 15.4. The van der Waals surface area contributed by atoms with E-state index in [4.69, 9.17) is 9.47 Å².